The van der Waals surface area contributed by atoms with E-state index in [2.05, 4.69) is 53.1 Å². The van der Waals surface area contributed by atoms with Gasteiger partial charge >= 0.3 is 0 Å². The van der Waals surface area contributed by atoms with Crippen molar-refractivity contribution < 1.29 is 13.2 Å². The molecule has 1 aliphatic rings. The van der Waals surface area contributed by atoms with Crippen LogP contribution in [0.5, 0.6) is 0 Å². The zero-order valence-corrected chi connectivity index (χ0v) is 22.2. The Morgan fingerprint density at radius 1 is 1.06 bits per heavy atom. The number of rotatable bonds is 13. The van der Waals surface area contributed by atoms with E-state index in [1.807, 2.05) is 25.1 Å². The third kappa shape index (κ3) is 8.74. The molecular weight excluding hydrogens is 458 g/mol. The fraction of sp³-hybridized carbons (Fsp3) is 0.536. The average molecular weight is 500 g/mol. The standard InChI is InChI=1S/C28H41N3O3S/c1-22(2)20-25(30-35(33,34)26-16-14-23(3)15-17-26)21-31-19-9-13-27(31)28(32)29-18-8-7-12-24-10-5-4-6-11-24/h4-6,10-11,14-17,22,25,27,30H,7-9,12-13,18-21H2,1-3H3,(H,29,32)/t25?,27-/m0/s1. The fourth-order valence-corrected chi connectivity index (χ4v) is 6.03. The Balaban J connectivity index is 1.52. The highest BCUT2D eigenvalue weighted by Gasteiger charge is 2.33. The molecule has 35 heavy (non-hydrogen) atoms. The first-order valence-corrected chi connectivity index (χ1v) is 14.4. The van der Waals surface area contributed by atoms with Crippen LogP contribution in [0.25, 0.3) is 0 Å². The lowest BCUT2D eigenvalue weighted by molar-refractivity contribution is -0.125. The molecule has 0 aliphatic carbocycles. The first-order chi connectivity index (χ1) is 16.7. The average Bonchev–Trinajstić information content (AvgIpc) is 3.27. The van der Waals surface area contributed by atoms with Crippen LogP contribution in [0.1, 0.15) is 57.1 Å². The predicted molar refractivity (Wildman–Crippen MR) is 142 cm³/mol. The third-order valence-electron chi connectivity index (χ3n) is 6.56. The summed E-state index contributed by atoms with van der Waals surface area (Å²) < 4.78 is 29.0. The van der Waals surface area contributed by atoms with Gasteiger partial charge in [-0.2, -0.15) is 0 Å². The number of benzene rings is 2. The predicted octanol–water partition coefficient (Wildman–Crippen LogP) is 4.29. The lowest BCUT2D eigenvalue weighted by atomic mass is 10.0. The molecule has 2 aromatic carbocycles. The molecule has 2 atom stereocenters. The molecule has 7 heteroatoms. The number of nitrogens with zero attached hydrogens (tertiary/aromatic N) is 1. The second kappa shape index (κ2) is 13.2. The molecule has 0 saturated carbocycles. The monoisotopic (exact) mass is 499 g/mol. The molecule has 0 radical (unpaired) electrons. The summed E-state index contributed by atoms with van der Waals surface area (Å²) in [6.45, 7) is 8.15. The quantitative estimate of drug-likeness (QED) is 0.403. The van der Waals surface area contributed by atoms with Crippen molar-refractivity contribution in [1.82, 2.24) is 14.9 Å². The number of carbonyl (C=O) groups is 1. The van der Waals surface area contributed by atoms with Crippen molar-refractivity contribution in [2.75, 3.05) is 19.6 Å². The maximum absolute atomic E-state index is 13.0. The van der Waals surface area contributed by atoms with Gasteiger partial charge in [0.05, 0.1) is 10.9 Å². The van der Waals surface area contributed by atoms with Crippen LogP contribution in [-0.2, 0) is 21.2 Å². The van der Waals surface area contributed by atoms with Crippen molar-refractivity contribution in [3.05, 3.63) is 65.7 Å². The summed E-state index contributed by atoms with van der Waals surface area (Å²) in [6.07, 6.45) is 5.48. The van der Waals surface area contributed by atoms with Crippen molar-refractivity contribution in [2.24, 2.45) is 5.92 Å². The van der Waals surface area contributed by atoms with E-state index >= 15 is 0 Å². The Morgan fingerprint density at radius 2 is 1.77 bits per heavy atom. The molecule has 0 aromatic heterocycles. The normalized spacial score (nSPS) is 17.5. The topological polar surface area (TPSA) is 78.5 Å². The Kier molecular flexibility index (Phi) is 10.3. The molecule has 1 aliphatic heterocycles. The maximum Gasteiger partial charge on any atom is 0.240 e. The minimum absolute atomic E-state index is 0.0619. The lowest BCUT2D eigenvalue weighted by Crippen LogP contribution is -2.50. The highest BCUT2D eigenvalue weighted by molar-refractivity contribution is 7.89. The van der Waals surface area contributed by atoms with E-state index in [9.17, 15) is 13.2 Å². The minimum atomic E-state index is -3.62. The number of amides is 1. The molecule has 192 valence electrons. The van der Waals surface area contributed by atoms with Gasteiger partial charge in [-0.15, -0.1) is 0 Å². The van der Waals surface area contributed by atoms with Crippen molar-refractivity contribution in [3.8, 4) is 0 Å². The van der Waals surface area contributed by atoms with Gasteiger partial charge in [-0.1, -0.05) is 61.9 Å². The summed E-state index contributed by atoms with van der Waals surface area (Å²) in [5.74, 6) is 0.395. The molecule has 1 saturated heterocycles. The van der Waals surface area contributed by atoms with Gasteiger partial charge in [0.25, 0.3) is 0 Å². The second-order valence-corrected chi connectivity index (χ2v) is 11.9. The first kappa shape index (κ1) is 27.4. The van der Waals surface area contributed by atoms with E-state index in [-0.39, 0.29) is 22.9 Å². The number of nitrogens with one attached hydrogen (secondary N) is 2. The summed E-state index contributed by atoms with van der Waals surface area (Å²) >= 11 is 0. The molecule has 1 unspecified atom stereocenters. The molecule has 2 N–H and O–H groups in total. The molecule has 3 rings (SSSR count). The van der Waals surface area contributed by atoms with E-state index < -0.39 is 10.0 Å². The van der Waals surface area contributed by atoms with E-state index in [4.69, 9.17) is 0 Å². The molecule has 1 fully saturated rings. The van der Waals surface area contributed by atoms with Crippen LogP contribution in [0.2, 0.25) is 0 Å². The molecule has 1 heterocycles. The van der Waals surface area contributed by atoms with Gasteiger partial charge in [0.2, 0.25) is 15.9 Å². The molecule has 2 aromatic rings. The van der Waals surface area contributed by atoms with Crippen LogP contribution in [0, 0.1) is 12.8 Å². The summed E-state index contributed by atoms with van der Waals surface area (Å²) in [5.41, 5.74) is 2.35. The fourth-order valence-electron chi connectivity index (χ4n) is 4.79. The number of carbonyl (C=O) groups excluding carboxylic acids is 1. The number of hydrogen-bond donors (Lipinski definition) is 2. The molecule has 0 bridgehead atoms. The second-order valence-electron chi connectivity index (χ2n) is 10.1. The maximum atomic E-state index is 13.0. The van der Waals surface area contributed by atoms with Gasteiger partial charge < -0.3 is 5.32 Å². The van der Waals surface area contributed by atoms with Crippen molar-refractivity contribution in [2.45, 2.75) is 76.3 Å². The number of hydrogen-bond acceptors (Lipinski definition) is 4. The lowest BCUT2D eigenvalue weighted by Gasteiger charge is -2.29. The van der Waals surface area contributed by atoms with E-state index in [0.29, 0.717) is 19.0 Å². The van der Waals surface area contributed by atoms with Crippen molar-refractivity contribution in [1.29, 1.82) is 0 Å². The van der Waals surface area contributed by atoms with Crippen molar-refractivity contribution >= 4 is 15.9 Å². The van der Waals surface area contributed by atoms with E-state index in [1.165, 1.54) is 5.56 Å². The molecular formula is C28H41N3O3S. The largest absolute Gasteiger partial charge is 0.355 e. The Bertz CT molecular complexity index is 1020. The molecule has 0 spiro atoms. The van der Waals surface area contributed by atoms with Crippen LogP contribution < -0.4 is 10.0 Å². The highest BCUT2D eigenvalue weighted by atomic mass is 32.2. The van der Waals surface area contributed by atoms with Crippen LogP contribution in [0.4, 0.5) is 0 Å². The number of likely N-dealkylation sites (tertiary alicyclic amines) is 1. The van der Waals surface area contributed by atoms with Gasteiger partial charge in [-0.05, 0) is 75.6 Å². The SMILES string of the molecule is Cc1ccc(S(=O)(=O)NC(CC(C)C)CN2CCC[C@H]2C(=O)NCCCCc2ccccc2)cc1. The summed E-state index contributed by atoms with van der Waals surface area (Å²) in [5, 5.41) is 3.11. The third-order valence-corrected chi connectivity index (χ3v) is 8.10. The zero-order valence-electron chi connectivity index (χ0n) is 21.4. The van der Waals surface area contributed by atoms with Crippen LogP contribution in [-0.4, -0.2) is 50.9 Å². The smallest absolute Gasteiger partial charge is 0.240 e. The van der Waals surface area contributed by atoms with Gasteiger partial charge in [-0.3, -0.25) is 9.69 Å². The molecule has 6 nitrogen and oxygen atoms in total. The van der Waals surface area contributed by atoms with Crippen LogP contribution >= 0.6 is 0 Å². The van der Waals surface area contributed by atoms with Gasteiger partial charge in [0.15, 0.2) is 0 Å². The van der Waals surface area contributed by atoms with E-state index in [0.717, 1.165) is 50.6 Å². The first-order valence-electron chi connectivity index (χ1n) is 12.9. The number of sulfonamides is 1. The van der Waals surface area contributed by atoms with Gasteiger partial charge in [-0.25, -0.2) is 13.1 Å². The minimum Gasteiger partial charge on any atom is -0.355 e. The Hall–Kier alpha value is -2.22. The Labute approximate surface area is 211 Å². The van der Waals surface area contributed by atoms with Crippen LogP contribution in [0.15, 0.2) is 59.5 Å². The van der Waals surface area contributed by atoms with Crippen molar-refractivity contribution in [3.63, 3.8) is 0 Å². The summed E-state index contributed by atoms with van der Waals surface area (Å²) in [6, 6.07) is 16.9. The number of aryl methyl sites for hydroxylation is 2. The number of unbranched alkanes of at least 4 members (excludes halogenated alkanes) is 1. The summed E-state index contributed by atoms with van der Waals surface area (Å²) in [7, 11) is -3.62. The van der Waals surface area contributed by atoms with E-state index in [1.54, 1.807) is 12.1 Å². The Morgan fingerprint density at radius 3 is 2.46 bits per heavy atom. The van der Waals surface area contributed by atoms with Gasteiger partial charge in [0.1, 0.15) is 0 Å². The zero-order chi connectivity index (χ0) is 25.3. The molecule has 1 amide bonds. The highest BCUT2D eigenvalue weighted by Crippen LogP contribution is 2.21. The summed E-state index contributed by atoms with van der Waals surface area (Å²) in [4.78, 5) is 15.4. The van der Waals surface area contributed by atoms with Gasteiger partial charge in [0, 0.05) is 19.1 Å². The van der Waals surface area contributed by atoms with Crippen LogP contribution in [0.3, 0.4) is 0 Å².